The smallest absolute Gasteiger partial charge is 0.245 e. The third kappa shape index (κ3) is 1.63. The van der Waals surface area contributed by atoms with Crippen LogP contribution in [0.3, 0.4) is 0 Å². The summed E-state index contributed by atoms with van der Waals surface area (Å²) in [6.45, 7) is 2.71. The Morgan fingerprint density at radius 3 is 2.93 bits per heavy atom. The van der Waals surface area contributed by atoms with Crippen LogP contribution in [0.15, 0.2) is 12.5 Å². The molecule has 5 heteroatoms. The minimum atomic E-state index is -0.113. The normalized spacial score (nSPS) is 23.5. The second kappa shape index (κ2) is 3.66. The molecular weight excluding hydrogens is 192 g/mol. The average molecular weight is 208 g/mol. The third-order valence-electron chi connectivity index (χ3n) is 2.90. The molecule has 15 heavy (non-hydrogen) atoms. The first-order valence-electron chi connectivity index (χ1n) is 5.13. The van der Waals surface area contributed by atoms with Gasteiger partial charge in [-0.2, -0.15) is 0 Å². The van der Waals surface area contributed by atoms with E-state index in [9.17, 15) is 4.79 Å². The van der Waals surface area contributed by atoms with Crippen molar-refractivity contribution in [1.82, 2.24) is 14.5 Å². The zero-order chi connectivity index (χ0) is 11.0. The fraction of sp³-hybridized carbons (Fsp3) is 0.600. The van der Waals surface area contributed by atoms with E-state index in [0.717, 1.165) is 18.7 Å². The Kier molecular flexibility index (Phi) is 2.48. The second-order valence-corrected chi connectivity index (χ2v) is 4.08. The lowest BCUT2D eigenvalue weighted by molar-refractivity contribution is -0.129. The molecule has 1 unspecified atom stereocenters. The largest absolute Gasteiger partial charge is 0.344 e. The van der Waals surface area contributed by atoms with Gasteiger partial charge in [0.05, 0.1) is 12.0 Å². The Labute approximate surface area is 88.9 Å². The third-order valence-corrected chi connectivity index (χ3v) is 2.90. The SMILES string of the molecule is C[C@H](N)c1cncn1C1CCN(C)C1=O. The molecule has 1 aliphatic rings. The minimum Gasteiger partial charge on any atom is -0.344 e. The first kappa shape index (κ1) is 10.2. The summed E-state index contributed by atoms with van der Waals surface area (Å²) in [5, 5.41) is 0. The molecule has 0 spiro atoms. The van der Waals surface area contributed by atoms with E-state index >= 15 is 0 Å². The molecule has 1 fully saturated rings. The van der Waals surface area contributed by atoms with Gasteiger partial charge in [0, 0.05) is 25.8 Å². The monoisotopic (exact) mass is 208 g/mol. The number of carbonyl (C=O) groups is 1. The van der Waals surface area contributed by atoms with E-state index in [1.807, 2.05) is 18.5 Å². The van der Waals surface area contributed by atoms with Crippen LogP contribution in [0.1, 0.15) is 31.1 Å². The predicted molar refractivity (Wildman–Crippen MR) is 56.1 cm³/mol. The second-order valence-electron chi connectivity index (χ2n) is 4.08. The summed E-state index contributed by atoms with van der Waals surface area (Å²) in [7, 11) is 1.82. The van der Waals surface area contributed by atoms with E-state index in [0.29, 0.717) is 0 Å². The van der Waals surface area contributed by atoms with E-state index in [1.165, 1.54) is 0 Å². The summed E-state index contributed by atoms with van der Waals surface area (Å²) in [6.07, 6.45) is 4.27. The number of likely N-dealkylation sites (N-methyl/N-ethyl adjacent to an activating group) is 1. The Hall–Kier alpha value is -1.36. The van der Waals surface area contributed by atoms with Crippen LogP contribution < -0.4 is 5.73 Å². The van der Waals surface area contributed by atoms with Crippen molar-refractivity contribution < 1.29 is 4.79 Å². The summed E-state index contributed by atoms with van der Waals surface area (Å²) < 4.78 is 1.90. The number of aromatic nitrogens is 2. The predicted octanol–water partition coefficient (Wildman–Crippen LogP) is 0.306. The topological polar surface area (TPSA) is 64.2 Å². The molecule has 1 aromatic rings. The fourth-order valence-electron chi connectivity index (χ4n) is 1.99. The van der Waals surface area contributed by atoms with Crippen molar-refractivity contribution in [3.63, 3.8) is 0 Å². The van der Waals surface area contributed by atoms with Crippen LogP contribution >= 0.6 is 0 Å². The Morgan fingerprint density at radius 1 is 1.67 bits per heavy atom. The van der Waals surface area contributed by atoms with Crippen molar-refractivity contribution in [1.29, 1.82) is 0 Å². The molecule has 1 amide bonds. The number of imidazole rings is 1. The molecule has 0 aromatic carbocycles. The van der Waals surface area contributed by atoms with Crippen molar-refractivity contribution in [2.45, 2.75) is 25.4 Å². The quantitative estimate of drug-likeness (QED) is 0.760. The zero-order valence-corrected chi connectivity index (χ0v) is 9.05. The summed E-state index contributed by atoms with van der Waals surface area (Å²) in [4.78, 5) is 17.6. The number of nitrogens with two attached hydrogens (primary N) is 1. The zero-order valence-electron chi connectivity index (χ0n) is 9.05. The van der Waals surface area contributed by atoms with Gasteiger partial charge < -0.3 is 15.2 Å². The lowest BCUT2D eigenvalue weighted by atomic mass is 10.2. The van der Waals surface area contributed by atoms with Gasteiger partial charge in [-0.05, 0) is 13.3 Å². The van der Waals surface area contributed by atoms with Gasteiger partial charge in [-0.1, -0.05) is 0 Å². The van der Waals surface area contributed by atoms with Crippen LogP contribution in [0.4, 0.5) is 0 Å². The fourth-order valence-corrected chi connectivity index (χ4v) is 1.99. The highest BCUT2D eigenvalue weighted by atomic mass is 16.2. The van der Waals surface area contributed by atoms with Gasteiger partial charge >= 0.3 is 0 Å². The van der Waals surface area contributed by atoms with E-state index in [4.69, 9.17) is 5.73 Å². The Balaban J connectivity index is 2.30. The summed E-state index contributed by atoms with van der Waals surface area (Å²) >= 11 is 0. The number of hydrogen-bond donors (Lipinski definition) is 1. The number of likely N-dealkylation sites (tertiary alicyclic amines) is 1. The molecule has 0 radical (unpaired) electrons. The molecule has 0 saturated carbocycles. The van der Waals surface area contributed by atoms with Gasteiger partial charge in [0.25, 0.3) is 0 Å². The van der Waals surface area contributed by atoms with Gasteiger partial charge in [-0.3, -0.25) is 4.79 Å². The highest BCUT2D eigenvalue weighted by molar-refractivity contribution is 5.82. The highest BCUT2D eigenvalue weighted by Crippen LogP contribution is 2.25. The van der Waals surface area contributed by atoms with Gasteiger partial charge in [0.15, 0.2) is 0 Å². The Morgan fingerprint density at radius 2 is 2.40 bits per heavy atom. The molecule has 1 aromatic heterocycles. The first-order chi connectivity index (χ1) is 7.11. The standard InChI is InChI=1S/C10H16N4O/c1-7(11)9-5-12-6-14(9)8-3-4-13(2)10(8)15/h5-8H,3-4,11H2,1-2H3/t7-,8?/m0/s1. The average Bonchev–Trinajstić information content (AvgIpc) is 2.75. The lowest BCUT2D eigenvalue weighted by Gasteiger charge is -2.16. The number of rotatable bonds is 2. The maximum absolute atomic E-state index is 11.8. The maximum Gasteiger partial charge on any atom is 0.245 e. The van der Waals surface area contributed by atoms with Crippen molar-refractivity contribution in [2.24, 2.45) is 5.73 Å². The van der Waals surface area contributed by atoms with Crippen molar-refractivity contribution in [3.8, 4) is 0 Å². The number of amides is 1. The lowest BCUT2D eigenvalue weighted by Crippen LogP contribution is -2.26. The van der Waals surface area contributed by atoms with Crippen molar-refractivity contribution in [2.75, 3.05) is 13.6 Å². The molecule has 1 saturated heterocycles. The van der Waals surface area contributed by atoms with Crippen LogP contribution in [0, 0.1) is 0 Å². The Bertz CT molecular complexity index is 371. The van der Waals surface area contributed by atoms with Gasteiger partial charge in [-0.15, -0.1) is 0 Å². The highest BCUT2D eigenvalue weighted by Gasteiger charge is 2.31. The van der Waals surface area contributed by atoms with E-state index in [1.54, 1.807) is 17.4 Å². The minimum absolute atomic E-state index is 0.0915. The molecule has 2 rings (SSSR count). The molecule has 1 aliphatic heterocycles. The number of hydrogen-bond acceptors (Lipinski definition) is 3. The van der Waals surface area contributed by atoms with Crippen LogP contribution in [0.25, 0.3) is 0 Å². The molecular formula is C10H16N4O. The molecule has 2 heterocycles. The van der Waals surface area contributed by atoms with E-state index in [-0.39, 0.29) is 18.0 Å². The maximum atomic E-state index is 11.8. The molecule has 2 N–H and O–H groups in total. The summed E-state index contributed by atoms with van der Waals surface area (Å²) in [5.74, 6) is 0.148. The van der Waals surface area contributed by atoms with Crippen LogP contribution in [0.2, 0.25) is 0 Å². The van der Waals surface area contributed by atoms with Gasteiger partial charge in [0.2, 0.25) is 5.91 Å². The van der Waals surface area contributed by atoms with E-state index in [2.05, 4.69) is 4.98 Å². The molecule has 82 valence electrons. The number of carbonyl (C=O) groups excluding carboxylic acids is 1. The van der Waals surface area contributed by atoms with E-state index < -0.39 is 0 Å². The number of nitrogens with zero attached hydrogens (tertiary/aromatic N) is 3. The molecule has 2 atom stereocenters. The molecule has 5 nitrogen and oxygen atoms in total. The van der Waals surface area contributed by atoms with Crippen molar-refractivity contribution >= 4 is 5.91 Å². The molecule has 0 aliphatic carbocycles. The van der Waals surface area contributed by atoms with Crippen LogP contribution in [0.5, 0.6) is 0 Å². The van der Waals surface area contributed by atoms with Crippen molar-refractivity contribution in [3.05, 3.63) is 18.2 Å². The van der Waals surface area contributed by atoms with Gasteiger partial charge in [-0.25, -0.2) is 4.98 Å². The first-order valence-corrected chi connectivity index (χ1v) is 5.13. The summed E-state index contributed by atoms with van der Waals surface area (Å²) in [5.41, 5.74) is 6.74. The summed E-state index contributed by atoms with van der Waals surface area (Å²) in [6, 6.07) is -0.204. The van der Waals surface area contributed by atoms with Gasteiger partial charge in [0.1, 0.15) is 6.04 Å². The molecule has 0 bridgehead atoms. The van der Waals surface area contributed by atoms with Crippen LogP contribution in [-0.4, -0.2) is 34.0 Å². The van der Waals surface area contributed by atoms with Crippen LogP contribution in [-0.2, 0) is 4.79 Å².